The Morgan fingerprint density at radius 3 is 2.03 bits per heavy atom. The molecule has 0 aromatic heterocycles. The molecule has 0 rings (SSSR count). The van der Waals surface area contributed by atoms with Crippen molar-refractivity contribution in [2.45, 2.75) is 77.5 Å². The minimum absolute atomic E-state index is 0.0422. The van der Waals surface area contributed by atoms with Crippen LogP contribution in [0, 0.1) is 11.8 Å². The monoisotopic (exact) mass is 517 g/mol. The summed E-state index contributed by atoms with van der Waals surface area (Å²) in [5.74, 6) is -2.82. The summed E-state index contributed by atoms with van der Waals surface area (Å²) in [4.78, 5) is 54.0. The number of nitrogens with two attached hydrogens (primary N) is 3. The van der Waals surface area contributed by atoms with Gasteiger partial charge in [-0.05, 0) is 43.1 Å². The number of carbonyl (C=O) groups is 4. The van der Waals surface area contributed by atoms with E-state index < -0.39 is 47.9 Å². The molecule has 0 aliphatic rings. The van der Waals surface area contributed by atoms with Crippen LogP contribution in [-0.2, 0) is 19.2 Å². The number of aliphatic imine (C=N–C) groups is 1. The highest BCUT2D eigenvalue weighted by molar-refractivity contribution is 7.98. The maximum atomic E-state index is 13.1. The van der Waals surface area contributed by atoms with Crippen molar-refractivity contribution in [2.75, 3.05) is 18.6 Å². The summed E-state index contributed by atoms with van der Waals surface area (Å²) in [5.41, 5.74) is 16.5. The van der Waals surface area contributed by atoms with Crippen molar-refractivity contribution in [1.82, 2.24) is 16.0 Å². The SMILES string of the molecule is CCC(C)C(NC(=O)C(NC(=O)C(CCSC)NC(=O)C(N)CCCN=C(N)N)C(C)C)C(=O)O. The Hall–Kier alpha value is -2.54. The molecule has 0 aromatic carbocycles. The highest BCUT2D eigenvalue weighted by atomic mass is 32.2. The van der Waals surface area contributed by atoms with E-state index >= 15 is 0 Å². The molecule has 0 fully saturated rings. The average molecular weight is 518 g/mol. The van der Waals surface area contributed by atoms with Gasteiger partial charge in [-0.1, -0.05) is 34.1 Å². The number of carboxylic acid groups (broad SMARTS) is 1. The van der Waals surface area contributed by atoms with Gasteiger partial charge < -0.3 is 38.3 Å². The van der Waals surface area contributed by atoms with Crippen molar-refractivity contribution in [3.63, 3.8) is 0 Å². The van der Waals surface area contributed by atoms with E-state index in [2.05, 4.69) is 20.9 Å². The number of carboxylic acids is 1. The molecule has 10 N–H and O–H groups in total. The summed E-state index contributed by atoms with van der Waals surface area (Å²) in [6.07, 6.45) is 3.58. The highest BCUT2D eigenvalue weighted by Crippen LogP contribution is 2.11. The van der Waals surface area contributed by atoms with Crippen LogP contribution in [0.5, 0.6) is 0 Å². The predicted octanol–water partition coefficient (Wildman–Crippen LogP) is -0.638. The normalized spacial score (nSPS) is 15.3. The van der Waals surface area contributed by atoms with Gasteiger partial charge in [-0.2, -0.15) is 11.8 Å². The van der Waals surface area contributed by atoms with Crippen molar-refractivity contribution in [2.24, 2.45) is 34.0 Å². The van der Waals surface area contributed by atoms with Crippen LogP contribution in [0.2, 0.25) is 0 Å². The van der Waals surface area contributed by atoms with Gasteiger partial charge in [0.05, 0.1) is 6.04 Å². The number of carbonyl (C=O) groups excluding carboxylic acids is 3. The van der Waals surface area contributed by atoms with E-state index in [9.17, 15) is 24.3 Å². The molecule has 5 unspecified atom stereocenters. The molecule has 13 heteroatoms. The lowest BCUT2D eigenvalue weighted by atomic mass is 9.97. The number of thioether (sulfide) groups is 1. The molecule has 0 aromatic rings. The van der Waals surface area contributed by atoms with Gasteiger partial charge >= 0.3 is 5.97 Å². The minimum atomic E-state index is -1.14. The van der Waals surface area contributed by atoms with Crippen LogP contribution < -0.4 is 33.2 Å². The summed E-state index contributed by atoms with van der Waals surface area (Å²) in [7, 11) is 0. The quantitative estimate of drug-likeness (QED) is 0.0740. The number of nitrogens with zero attached hydrogens (tertiary/aromatic N) is 1. The van der Waals surface area contributed by atoms with Gasteiger partial charge in [0.25, 0.3) is 0 Å². The molecule has 12 nitrogen and oxygen atoms in total. The topological polar surface area (TPSA) is 215 Å². The van der Waals surface area contributed by atoms with Crippen LogP contribution in [0.4, 0.5) is 0 Å². The summed E-state index contributed by atoms with van der Waals surface area (Å²) in [6.45, 7) is 7.38. The van der Waals surface area contributed by atoms with Crippen LogP contribution >= 0.6 is 11.8 Å². The second kappa shape index (κ2) is 17.0. The Labute approximate surface area is 212 Å². The first-order valence-corrected chi connectivity index (χ1v) is 13.2. The Kier molecular flexibility index (Phi) is 15.7. The van der Waals surface area contributed by atoms with Crippen LogP contribution in [0.25, 0.3) is 0 Å². The van der Waals surface area contributed by atoms with E-state index in [1.807, 2.05) is 13.2 Å². The lowest BCUT2D eigenvalue weighted by Crippen LogP contribution is -2.59. The molecule has 0 heterocycles. The van der Waals surface area contributed by atoms with Crippen LogP contribution in [0.1, 0.15) is 53.4 Å². The third-order valence-corrected chi connectivity index (χ3v) is 6.22. The zero-order valence-corrected chi connectivity index (χ0v) is 22.2. The van der Waals surface area contributed by atoms with Gasteiger partial charge in [-0.25, -0.2) is 4.79 Å². The number of aliphatic carboxylic acids is 1. The first-order valence-electron chi connectivity index (χ1n) is 11.8. The number of hydrogen-bond acceptors (Lipinski definition) is 7. The van der Waals surface area contributed by atoms with Crippen LogP contribution in [-0.4, -0.2) is 77.5 Å². The van der Waals surface area contributed by atoms with Crippen molar-refractivity contribution in [3.05, 3.63) is 0 Å². The summed E-state index contributed by atoms with van der Waals surface area (Å²) in [6, 6.07) is -3.81. The minimum Gasteiger partial charge on any atom is -0.480 e. The fourth-order valence-corrected chi connectivity index (χ4v) is 3.62. The molecule has 35 heavy (non-hydrogen) atoms. The number of rotatable bonds is 17. The first-order chi connectivity index (χ1) is 16.3. The molecule has 202 valence electrons. The molecule has 0 spiro atoms. The molecule has 0 saturated heterocycles. The van der Waals surface area contributed by atoms with Crippen LogP contribution in [0.3, 0.4) is 0 Å². The highest BCUT2D eigenvalue weighted by Gasteiger charge is 2.33. The summed E-state index contributed by atoms with van der Waals surface area (Å²) in [5, 5.41) is 17.4. The average Bonchev–Trinajstić information content (AvgIpc) is 2.79. The lowest BCUT2D eigenvalue weighted by Gasteiger charge is -2.28. The van der Waals surface area contributed by atoms with Crippen molar-refractivity contribution in [1.29, 1.82) is 0 Å². The van der Waals surface area contributed by atoms with Gasteiger partial charge in [0.2, 0.25) is 17.7 Å². The van der Waals surface area contributed by atoms with Crippen molar-refractivity contribution in [3.8, 4) is 0 Å². The summed E-state index contributed by atoms with van der Waals surface area (Å²) >= 11 is 1.51. The maximum absolute atomic E-state index is 13.1. The zero-order valence-electron chi connectivity index (χ0n) is 21.4. The van der Waals surface area contributed by atoms with Gasteiger partial charge in [-0.3, -0.25) is 19.4 Å². The number of hydrogen-bond donors (Lipinski definition) is 7. The second-order valence-electron chi connectivity index (χ2n) is 8.84. The van der Waals surface area contributed by atoms with E-state index in [0.717, 1.165) is 0 Å². The van der Waals surface area contributed by atoms with Crippen molar-refractivity contribution >= 4 is 41.4 Å². The molecule has 0 aliphatic carbocycles. The van der Waals surface area contributed by atoms with Gasteiger partial charge in [0.15, 0.2) is 5.96 Å². The van der Waals surface area contributed by atoms with E-state index in [1.165, 1.54) is 11.8 Å². The molecular formula is C22H43N7O5S. The molecule has 0 bridgehead atoms. The standard InChI is InChI=1S/C22H43N7O5S/c1-6-13(4)17(21(33)34)29-20(32)16(12(2)3)28-19(31)15(9-11-35-5)27-18(30)14(23)8-7-10-26-22(24)25/h12-17H,6-11,23H2,1-5H3,(H,27,30)(H,28,31)(H,29,32)(H,33,34)(H4,24,25,26). The third kappa shape index (κ3) is 12.6. The molecule has 3 amide bonds. The molecule has 5 atom stereocenters. The maximum Gasteiger partial charge on any atom is 0.326 e. The third-order valence-electron chi connectivity index (χ3n) is 5.57. The number of amides is 3. The Balaban J connectivity index is 5.32. The smallest absolute Gasteiger partial charge is 0.326 e. The Morgan fingerprint density at radius 1 is 0.943 bits per heavy atom. The van der Waals surface area contributed by atoms with E-state index in [-0.39, 0.29) is 17.8 Å². The fourth-order valence-electron chi connectivity index (χ4n) is 3.15. The fraction of sp³-hybridized carbons (Fsp3) is 0.773. The van der Waals surface area contributed by atoms with E-state index in [0.29, 0.717) is 38.0 Å². The van der Waals surface area contributed by atoms with E-state index in [1.54, 1.807) is 20.8 Å². The van der Waals surface area contributed by atoms with Gasteiger partial charge in [-0.15, -0.1) is 0 Å². The predicted molar refractivity (Wildman–Crippen MR) is 139 cm³/mol. The molecule has 0 radical (unpaired) electrons. The molecule has 0 aliphatic heterocycles. The second-order valence-corrected chi connectivity index (χ2v) is 9.82. The summed E-state index contributed by atoms with van der Waals surface area (Å²) < 4.78 is 0. The first kappa shape index (κ1) is 32.5. The largest absolute Gasteiger partial charge is 0.480 e. The molecule has 0 saturated carbocycles. The lowest BCUT2D eigenvalue weighted by molar-refractivity contribution is -0.144. The Bertz CT molecular complexity index is 731. The molecular weight excluding hydrogens is 474 g/mol. The van der Waals surface area contributed by atoms with Crippen LogP contribution in [0.15, 0.2) is 4.99 Å². The van der Waals surface area contributed by atoms with Crippen molar-refractivity contribution < 1.29 is 24.3 Å². The van der Waals surface area contributed by atoms with Gasteiger partial charge in [0, 0.05) is 6.54 Å². The Morgan fingerprint density at radius 2 is 1.54 bits per heavy atom. The number of guanidine groups is 1. The zero-order chi connectivity index (χ0) is 27.1. The number of nitrogens with one attached hydrogen (secondary N) is 3. The van der Waals surface area contributed by atoms with E-state index in [4.69, 9.17) is 17.2 Å². The van der Waals surface area contributed by atoms with Gasteiger partial charge in [0.1, 0.15) is 18.1 Å².